The molecule has 2 rings (SSSR count). The molecular weight excluding hydrogens is 273 g/mol. The highest BCUT2D eigenvalue weighted by Crippen LogP contribution is 2.30. The molecule has 0 aliphatic heterocycles. The van der Waals surface area contributed by atoms with Gasteiger partial charge >= 0.3 is 0 Å². The smallest absolute Gasteiger partial charge is 0.257 e. The molecule has 3 N–H and O–H groups in total. The third-order valence-corrected chi connectivity index (χ3v) is 3.51. The summed E-state index contributed by atoms with van der Waals surface area (Å²) in [5.41, 5.74) is 4.73. The fraction of sp³-hybridized carbons (Fsp3) is 0.462. The van der Waals surface area contributed by atoms with Crippen molar-refractivity contribution in [2.24, 2.45) is 5.73 Å². The number of carbonyl (C=O) groups is 1. The number of nitrogens with zero attached hydrogens (tertiary/aromatic N) is 1. The number of carbonyl (C=O) groups excluding carboxylic acids is 1. The SMILES string of the molecule is NCCN(C(=O)c1cc(F)c(F)c(O)c1F)C1CCC1. The summed E-state index contributed by atoms with van der Waals surface area (Å²) in [4.78, 5) is 13.6. The van der Waals surface area contributed by atoms with Crippen molar-refractivity contribution >= 4 is 5.91 Å². The van der Waals surface area contributed by atoms with Crippen molar-refractivity contribution in [2.75, 3.05) is 13.1 Å². The number of phenols is 1. The number of rotatable bonds is 4. The van der Waals surface area contributed by atoms with Gasteiger partial charge in [0.25, 0.3) is 5.91 Å². The Morgan fingerprint density at radius 3 is 2.50 bits per heavy atom. The van der Waals surface area contributed by atoms with E-state index in [9.17, 15) is 18.0 Å². The summed E-state index contributed by atoms with van der Waals surface area (Å²) < 4.78 is 40.0. The average molecular weight is 288 g/mol. The second-order valence-electron chi connectivity index (χ2n) is 4.75. The molecule has 0 heterocycles. The topological polar surface area (TPSA) is 66.6 Å². The van der Waals surface area contributed by atoms with Crippen molar-refractivity contribution in [3.8, 4) is 5.75 Å². The van der Waals surface area contributed by atoms with Crippen LogP contribution in [0.25, 0.3) is 0 Å². The standard InChI is InChI=1S/C13H15F3N2O2/c14-9-6-8(10(15)12(19)11(9)16)13(20)18(5-4-17)7-2-1-3-7/h6-7,19H,1-5,17H2. The molecule has 1 fully saturated rings. The molecular formula is C13H15F3N2O2. The van der Waals surface area contributed by atoms with Crippen molar-refractivity contribution in [3.63, 3.8) is 0 Å². The lowest BCUT2D eigenvalue weighted by molar-refractivity contribution is 0.0582. The van der Waals surface area contributed by atoms with Gasteiger partial charge in [0.2, 0.25) is 5.82 Å². The Kier molecular flexibility index (Phi) is 4.17. The van der Waals surface area contributed by atoms with Crippen LogP contribution in [0.5, 0.6) is 5.75 Å². The monoisotopic (exact) mass is 288 g/mol. The molecule has 7 heteroatoms. The summed E-state index contributed by atoms with van der Waals surface area (Å²) in [7, 11) is 0. The third kappa shape index (κ3) is 2.45. The zero-order valence-electron chi connectivity index (χ0n) is 10.7. The van der Waals surface area contributed by atoms with E-state index in [1.165, 1.54) is 4.90 Å². The van der Waals surface area contributed by atoms with Gasteiger partial charge in [-0.25, -0.2) is 8.78 Å². The van der Waals surface area contributed by atoms with E-state index < -0.39 is 34.7 Å². The van der Waals surface area contributed by atoms with E-state index in [-0.39, 0.29) is 19.1 Å². The van der Waals surface area contributed by atoms with Gasteiger partial charge in [-0.3, -0.25) is 4.79 Å². The minimum atomic E-state index is -1.70. The first-order valence-corrected chi connectivity index (χ1v) is 6.34. The predicted octanol–water partition coefficient (Wildman–Crippen LogP) is 1.76. The van der Waals surface area contributed by atoms with E-state index in [0.29, 0.717) is 6.07 Å². The summed E-state index contributed by atoms with van der Waals surface area (Å²) in [5.74, 6) is -6.88. The van der Waals surface area contributed by atoms with Crippen LogP contribution < -0.4 is 5.73 Å². The molecule has 0 atom stereocenters. The van der Waals surface area contributed by atoms with Crippen LogP contribution in [0.15, 0.2) is 6.07 Å². The predicted molar refractivity (Wildman–Crippen MR) is 65.7 cm³/mol. The fourth-order valence-electron chi connectivity index (χ4n) is 2.19. The summed E-state index contributed by atoms with van der Waals surface area (Å²) in [6.07, 6.45) is 2.48. The molecule has 1 saturated carbocycles. The van der Waals surface area contributed by atoms with Crippen LogP contribution in [-0.4, -0.2) is 35.0 Å². The summed E-state index contributed by atoms with van der Waals surface area (Å²) in [5, 5.41) is 9.15. The number of benzene rings is 1. The normalized spacial score (nSPS) is 15.0. The molecule has 1 aromatic rings. The molecule has 0 spiro atoms. The number of hydrogen-bond donors (Lipinski definition) is 2. The van der Waals surface area contributed by atoms with Gasteiger partial charge in [-0.2, -0.15) is 4.39 Å². The van der Waals surface area contributed by atoms with Gasteiger partial charge in [0.05, 0.1) is 5.56 Å². The number of amides is 1. The molecule has 0 saturated heterocycles. The lowest BCUT2D eigenvalue weighted by Gasteiger charge is -2.37. The van der Waals surface area contributed by atoms with Crippen molar-refractivity contribution in [3.05, 3.63) is 29.1 Å². The van der Waals surface area contributed by atoms with Crippen molar-refractivity contribution in [2.45, 2.75) is 25.3 Å². The second-order valence-corrected chi connectivity index (χ2v) is 4.75. The number of halogens is 3. The van der Waals surface area contributed by atoms with Gasteiger partial charge in [0.15, 0.2) is 17.4 Å². The Morgan fingerprint density at radius 1 is 1.35 bits per heavy atom. The molecule has 0 unspecified atom stereocenters. The average Bonchev–Trinajstić information content (AvgIpc) is 2.37. The lowest BCUT2D eigenvalue weighted by Crippen LogP contribution is -2.46. The third-order valence-electron chi connectivity index (χ3n) is 3.51. The van der Waals surface area contributed by atoms with Crippen LogP contribution in [0.4, 0.5) is 13.2 Å². The second kappa shape index (κ2) is 5.70. The number of nitrogens with two attached hydrogens (primary N) is 1. The largest absolute Gasteiger partial charge is 0.503 e. The first-order valence-electron chi connectivity index (χ1n) is 6.34. The highest BCUT2D eigenvalue weighted by molar-refractivity contribution is 5.95. The molecule has 4 nitrogen and oxygen atoms in total. The summed E-state index contributed by atoms with van der Waals surface area (Å²) in [6, 6.07) is 0.398. The van der Waals surface area contributed by atoms with E-state index >= 15 is 0 Å². The van der Waals surface area contributed by atoms with Crippen molar-refractivity contribution < 1.29 is 23.1 Å². The summed E-state index contributed by atoms with van der Waals surface area (Å²) >= 11 is 0. The molecule has 1 aliphatic rings. The van der Waals surface area contributed by atoms with E-state index in [1.54, 1.807) is 0 Å². The first kappa shape index (κ1) is 14.6. The van der Waals surface area contributed by atoms with Crippen LogP contribution in [0.1, 0.15) is 29.6 Å². The summed E-state index contributed by atoms with van der Waals surface area (Å²) in [6.45, 7) is 0.377. The Labute approximate surface area is 114 Å². The van der Waals surface area contributed by atoms with E-state index in [1.807, 2.05) is 0 Å². The Balaban J connectivity index is 2.36. The highest BCUT2D eigenvalue weighted by atomic mass is 19.2. The number of phenolic OH excluding ortho intramolecular Hbond substituents is 1. The zero-order chi connectivity index (χ0) is 14.9. The molecule has 20 heavy (non-hydrogen) atoms. The highest BCUT2D eigenvalue weighted by Gasteiger charge is 2.32. The van der Waals surface area contributed by atoms with Crippen LogP contribution >= 0.6 is 0 Å². The van der Waals surface area contributed by atoms with Gasteiger partial charge in [-0.1, -0.05) is 0 Å². The molecule has 1 aliphatic carbocycles. The molecule has 0 radical (unpaired) electrons. The molecule has 1 amide bonds. The number of aromatic hydroxyl groups is 1. The van der Waals surface area contributed by atoms with Crippen LogP contribution in [0, 0.1) is 17.5 Å². The minimum Gasteiger partial charge on any atom is -0.503 e. The molecule has 1 aromatic carbocycles. The van der Waals surface area contributed by atoms with Crippen LogP contribution in [-0.2, 0) is 0 Å². The number of hydrogen-bond acceptors (Lipinski definition) is 3. The van der Waals surface area contributed by atoms with Gasteiger partial charge < -0.3 is 15.7 Å². The van der Waals surface area contributed by atoms with E-state index in [4.69, 9.17) is 10.8 Å². The van der Waals surface area contributed by atoms with Crippen molar-refractivity contribution in [1.29, 1.82) is 0 Å². The maximum absolute atomic E-state index is 13.7. The maximum atomic E-state index is 13.7. The van der Waals surface area contributed by atoms with Crippen LogP contribution in [0.2, 0.25) is 0 Å². The van der Waals surface area contributed by atoms with Gasteiger partial charge in [0.1, 0.15) is 0 Å². The zero-order valence-corrected chi connectivity index (χ0v) is 10.7. The van der Waals surface area contributed by atoms with Crippen molar-refractivity contribution in [1.82, 2.24) is 4.90 Å². The molecule has 110 valence electrons. The van der Waals surface area contributed by atoms with Gasteiger partial charge in [-0.05, 0) is 25.3 Å². The lowest BCUT2D eigenvalue weighted by atomic mass is 9.91. The Hall–Kier alpha value is -1.76. The Bertz CT molecular complexity index is 533. The van der Waals surface area contributed by atoms with Gasteiger partial charge in [-0.15, -0.1) is 0 Å². The fourth-order valence-corrected chi connectivity index (χ4v) is 2.19. The molecule has 0 aromatic heterocycles. The van der Waals surface area contributed by atoms with Crippen LogP contribution in [0.3, 0.4) is 0 Å². The maximum Gasteiger partial charge on any atom is 0.257 e. The van der Waals surface area contributed by atoms with E-state index in [2.05, 4.69) is 0 Å². The van der Waals surface area contributed by atoms with E-state index in [0.717, 1.165) is 19.3 Å². The van der Waals surface area contributed by atoms with Gasteiger partial charge in [0, 0.05) is 19.1 Å². The quantitative estimate of drug-likeness (QED) is 0.830. The minimum absolute atomic E-state index is 0.0688. The molecule has 0 bridgehead atoms. The first-order chi connectivity index (χ1) is 9.47. The Morgan fingerprint density at radius 2 is 2.00 bits per heavy atom.